The summed E-state index contributed by atoms with van der Waals surface area (Å²) in [6.07, 6.45) is 2.67. The number of nitrogens with one attached hydrogen (secondary N) is 1. The lowest BCUT2D eigenvalue weighted by atomic mass is 10.1. The van der Waals surface area contributed by atoms with Crippen molar-refractivity contribution in [2.45, 2.75) is 26.9 Å². The smallest absolute Gasteiger partial charge is 0.161 e. The molecule has 0 unspecified atom stereocenters. The predicted molar refractivity (Wildman–Crippen MR) is 96.8 cm³/mol. The van der Waals surface area contributed by atoms with Crippen LogP contribution in [0.1, 0.15) is 22.5 Å². The summed E-state index contributed by atoms with van der Waals surface area (Å²) in [4.78, 5) is 7.91. The highest BCUT2D eigenvalue weighted by Gasteiger charge is 2.09. The second-order valence-electron chi connectivity index (χ2n) is 5.90. The van der Waals surface area contributed by atoms with Crippen molar-refractivity contribution >= 4 is 11.0 Å². The minimum absolute atomic E-state index is 0.365. The van der Waals surface area contributed by atoms with Gasteiger partial charge in [0.2, 0.25) is 0 Å². The Kier molecular flexibility index (Phi) is 4.56. The van der Waals surface area contributed by atoms with E-state index in [9.17, 15) is 0 Å². The van der Waals surface area contributed by atoms with Crippen LogP contribution >= 0.6 is 0 Å². The molecule has 3 aromatic rings. The third kappa shape index (κ3) is 3.27. The van der Waals surface area contributed by atoms with Gasteiger partial charge in [0.05, 0.1) is 18.1 Å². The largest absolute Gasteiger partial charge is 0.493 e. The first-order valence-corrected chi connectivity index (χ1v) is 7.97. The Morgan fingerprint density at radius 1 is 1.12 bits per heavy atom. The van der Waals surface area contributed by atoms with E-state index >= 15 is 0 Å². The number of nitrogens with zero attached hydrogens (tertiary/aromatic N) is 1. The number of aromatic nitrogens is 2. The van der Waals surface area contributed by atoms with Crippen molar-refractivity contribution in [2.75, 3.05) is 7.11 Å². The van der Waals surface area contributed by atoms with E-state index in [2.05, 4.69) is 42.5 Å². The number of aryl methyl sites for hydroxylation is 2. The molecule has 0 bridgehead atoms. The molecule has 0 aliphatic rings. The molecule has 1 N–H and O–H groups in total. The van der Waals surface area contributed by atoms with Gasteiger partial charge in [-0.3, -0.25) is 0 Å². The van der Waals surface area contributed by atoms with Gasteiger partial charge in [0, 0.05) is 0 Å². The Hall–Kier alpha value is -2.75. The van der Waals surface area contributed by atoms with Crippen LogP contribution in [0.4, 0.5) is 0 Å². The number of imidazole rings is 1. The number of methoxy groups -OCH3 is 1. The number of aromatic amines is 1. The number of H-pyrrole nitrogens is 1. The van der Waals surface area contributed by atoms with E-state index in [0.717, 1.165) is 34.6 Å². The molecule has 0 fully saturated rings. The molecule has 1 heterocycles. The Morgan fingerprint density at radius 2 is 1.92 bits per heavy atom. The lowest BCUT2D eigenvalue weighted by Gasteiger charge is -2.10. The first kappa shape index (κ1) is 16.1. The molecule has 0 aliphatic carbocycles. The van der Waals surface area contributed by atoms with Crippen molar-refractivity contribution in [3.8, 4) is 11.5 Å². The summed E-state index contributed by atoms with van der Waals surface area (Å²) >= 11 is 0. The molecule has 2 aromatic carbocycles. The fourth-order valence-corrected chi connectivity index (χ4v) is 2.66. The van der Waals surface area contributed by atoms with E-state index < -0.39 is 0 Å². The highest BCUT2D eigenvalue weighted by Crippen LogP contribution is 2.29. The van der Waals surface area contributed by atoms with Gasteiger partial charge in [-0.25, -0.2) is 4.98 Å². The zero-order valence-electron chi connectivity index (χ0n) is 14.3. The second kappa shape index (κ2) is 6.79. The summed E-state index contributed by atoms with van der Waals surface area (Å²) in [6.45, 7) is 8.31. The highest BCUT2D eigenvalue weighted by atomic mass is 16.5. The zero-order chi connectivity index (χ0) is 17.1. The maximum Gasteiger partial charge on any atom is 0.161 e. The van der Waals surface area contributed by atoms with Crippen molar-refractivity contribution in [3.63, 3.8) is 0 Å². The molecule has 4 heteroatoms. The molecule has 0 aliphatic heterocycles. The van der Waals surface area contributed by atoms with Gasteiger partial charge in [-0.05, 0) is 61.2 Å². The van der Waals surface area contributed by atoms with Crippen molar-refractivity contribution in [1.82, 2.24) is 9.97 Å². The summed E-state index contributed by atoms with van der Waals surface area (Å²) in [5.74, 6) is 2.22. The lowest BCUT2D eigenvalue weighted by Crippen LogP contribution is -2.00. The van der Waals surface area contributed by atoms with Crippen LogP contribution in [0.25, 0.3) is 11.0 Å². The Bertz CT molecular complexity index is 842. The van der Waals surface area contributed by atoms with Gasteiger partial charge in [-0.1, -0.05) is 12.1 Å². The van der Waals surface area contributed by atoms with Crippen LogP contribution in [0.2, 0.25) is 0 Å². The number of hydrogen-bond acceptors (Lipinski definition) is 3. The molecule has 124 valence electrons. The summed E-state index contributed by atoms with van der Waals surface area (Å²) in [7, 11) is 1.65. The van der Waals surface area contributed by atoms with Gasteiger partial charge in [0.1, 0.15) is 12.4 Å². The number of ether oxygens (including phenoxy) is 2. The molecule has 0 amide bonds. The molecule has 0 atom stereocenters. The van der Waals surface area contributed by atoms with Crippen molar-refractivity contribution in [3.05, 3.63) is 65.5 Å². The molecule has 4 nitrogen and oxygen atoms in total. The minimum atomic E-state index is 0.365. The molecule has 1 aromatic heterocycles. The molecule has 3 rings (SSSR count). The first-order chi connectivity index (χ1) is 11.6. The quantitative estimate of drug-likeness (QED) is 0.680. The number of allylic oxidation sites excluding steroid dienone is 1. The highest BCUT2D eigenvalue weighted by molar-refractivity contribution is 5.77. The van der Waals surface area contributed by atoms with Gasteiger partial charge in [-0.15, -0.1) is 6.58 Å². The monoisotopic (exact) mass is 322 g/mol. The maximum atomic E-state index is 5.89. The van der Waals surface area contributed by atoms with E-state index in [4.69, 9.17) is 9.47 Å². The van der Waals surface area contributed by atoms with Gasteiger partial charge in [0.25, 0.3) is 0 Å². The summed E-state index contributed by atoms with van der Waals surface area (Å²) in [5, 5.41) is 0. The average molecular weight is 322 g/mol. The topological polar surface area (TPSA) is 47.1 Å². The fraction of sp³-hybridized carbons (Fsp3) is 0.250. The first-order valence-electron chi connectivity index (χ1n) is 7.97. The number of benzene rings is 2. The Labute approximate surface area is 142 Å². The lowest BCUT2D eigenvalue weighted by molar-refractivity contribution is 0.277. The van der Waals surface area contributed by atoms with Gasteiger partial charge < -0.3 is 14.5 Å². The van der Waals surface area contributed by atoms with E-state index in [1.54, 1.807) is 7.11 Å². The van der Waals surface area contributed by atoms with Crippen LogP contribution in [0, 0.1) is 13.8 Å². The second-order valence-corrected chi connectivity index (χ2v) is 5.90. The number of rotatable bonds is 6. The Balaban J connectivity index is 1.79. The SMILES string of the molecule is C=CCc1ccc(OCc2nc3cc(C)c(C)cc3[nH]2)c(OC)c1. The maximum absolute atomic E-state index is 5.89. The standard InChI is InChI=1S/C20H22N2O2/c1-5-6-15-7-8-18(19(11-15)23-4)24-12-20-21-16-9-13(2)14(3)10-17(16)22-20/h5,7-11H,1,6,12H2,2-4H3,(H,21,22). The van der Waals surface area contributed by atoms with E-state index in [0.29, 0.717) is 12.4 Å². The molecular weight excluding hydrogens is 300 g/mol. The third-order valence-corrected chi connectivity index (χ3v) is 4.12. The fourth-order valence-electron chi connectivity index (χ4n) is 2.66. The average Bonchev–Trinajstić information content (AvgIpc) is 2.96. The van der Waals surface area contributed by atoms with Gasteiger partial charge >= 0.3 is 0 Å². The minimum Gasteiger partial charge on any atom is -0.493 e. The molecular formula is C20H22N2O2. The number of hydrogen-bond donors (Lipinski definition) is 1. The molecule has 24 heavy (non-hydrogen) atoms. The normalized spacial score (nSPS) is 10.8. The van der Waals surface area contributed by atoms with Crippen LogP contribution in [0.15, 0.2) is 43.0 Å². The van der Waals surface area contributed by atoms with Crippen LogP contribution in [-0.4, -0.2) is 17.1 Å². The molecule has 0 saturated carbocycles. The summed E-state index contributed by atoms with van der Waals surface area (Å²) < 4.78 is 11.3. The van der Waals surface area contributed by atoms with Gasteiger partial charge in [0.15, 0.2) is 11.5 Å². The molecule has 0 radical (unpaired) electrons. The van der Waals surface area contributed by atoms with E-state index in [1.807, 2.05) is 24.3 Å². The summed E-state index contributed by atoms with van der Waals surface area (Å²) in [6, 6.07) is 10.1. The Morgan fingerprint density at radius 3 is 2.67 bits per heavy atom. The van der Waals surface area contributed by atoms with Crippen molar-refractivity contribution in [2.24, 2.45) is 0 Å². The van der Waals surface area contributed by atoms with Crippen LogP contribution in [-0.2, 0) is 13.0 Å². The third-order valence-electron chi connectivity index (χ3n) is 4.12. The van der Waals surface area contributed by atoms with E-state index in [1.165, 1.54) is 11.1 Å². The summed E-state index contributed by atoms with van der Waals surface area (Å²) in [5.41, 5.74) is 5.62. The van der Waals surface area contributed by atoms with Crippen molar-refractivity contribution < 1.29 is 9.47 Å². The van der Waals surface area contributed by atoms with Gasteiger partial charge in [-0.2, -0.15) is 0 Å². The van der Waals surface area contributed by atoms with Crippen molar-refractivity contribution in [1.29, 1.82) is 0 Å². The zero-order valence-corrected chi connectivity index (χ0v) is 14.3. The van der Waals surface area contributed by atoms with Crippen LogP contribution in [0.3, 0.4) is 0 Å². The predicted octanol–water partition coefficient (Wildman–Crippen LogP) is 4.50. The van der Waals surface area contributed by atoms with Crippen LogP contribution in [0.5, 0.6) is 11.5 Å². The molecule has 0 saturated heterocycles. The van der Waals surface area contributed by atoms with E-state index in [-0.39, 0.29) is 0 Å². The van der Waals surface area contributed by atoms with Crippen LogP contribution < -0.4 is 9.47 Å². The number of fused-ring (bicyclic) bond motifs is 1. The molecule has 0 spiro atoms.